The van der Waals surface area contributed by atoms with Crippen molar-refractivity contribution in [1.29, 1.82) is 0 Å². The Morgan fingerprint density at radius 1 is 1.25 bits per heavy atom. The van der Waals surface area contributed by atoms with Crippen LogP contribution in [0.5, 0.6) is 0 Å². The molecule has 0 aliphatic rings. The van der Waals surface area contributed by atoms with Gasteiger partial charge in [-0.1, -0.05) is 40.5 Å². The third kappa shape index (κ3) is 8.15. The summed E-state index contributed by atoms with van der Waals surface area (Å²) >= 11 is 0. The van der Waals surface area contributed by atoms with E-state index in [1.54, 1.807) is 0 Å². The Kier molecular flexibility index (Phi) is 9.21. The van der Waals surface area contributed by atoms with Gasteiger partial charge in [-0.05, 0) is 24.2 Å². The predicted molar refractivity (Wildman–Crippen MR) is 80.3 cm³/mol. The third-order valence-corrected chi connectivity index (χ3v) is 3.57. The van der Waals surface area contributed by atoms with Crippen molar-refractivity contribution in [3.8, 4) is 0 Å². The minimum atomic E-state index is -0.818. The van der Waals surface area contributed by atoms with Crippen LogP contribution in [0.15, 0.2) is 0 Å². The molecule has 0 aromatic rings. The molecule has 0 aromatic heterocycles. The van der Waals surface area contributed by atoms with E-state index in [-0.39, 0.29) is 24.2 Å². The molecule has 0 heterocycles. The van der Waals surface area contributed by atoms with Gasteiger partial charge in [0.25, 0.3) is 0 Å². The molecular formula is C15H30N2O3. The highest BCUT2D eigenvalue weighted by Crippen LogP contribution is 2.19. The minimum absolute atomic E-state index is 0.0302. The van der Waals surface area contributed by atoms with Gasteiger partial charge in [0.2, 0.25) is 5.91 Å². The maximum absolute atomic E-state index is 11.8. The quantitative estimate of drug-likeness (QED) is 0.572. The van der Waals surface area contributed by atoms with E-state index in [9.17, 15) is 9.59 Å². The first-order chi connectivity index (χ1) is 9.27. The monoisotopic (exact) mass is 286 g/mol. The van der Waals surface area contributed by atoms with Crippen LogP contribution in [0.2, 0.25) is 0 Å². The van der Waals surface area contributed by atoms with Crippen LogP contribution in [0.4, 0.5) is 0 Å². The van der Waals surface area contributed by atoms with Gasteiger partial charge >= 0.3 is 5.97 Å². The normalized spacial score (nSPS) is 15.7. The van der Waals surface area contributed by atoms with Crippen molar-refractivity contribution in [2.45, 2.75) is 59.4 Å². The van der Waals surface area contributed by atoms with E-state index in [1.165, 1.54) is 0 Å². The molecule has 0 saturated heterocycles. The number of carboxylic acid groups (broad SMARTS) is 1. The Morgan fingerprint density at radius 2 is 1.85 bits per heavy atom. The van der Waals surface area contributed by atoms with Crippen LogP contribution in [0.3, 0.4) is 0 Å². The number of amides is 1. The zero-order chi connectivity index (χ0) is 15.7. The molecule has 0 bridgehead atoms. The maximum Gasteiger partial charge on any atom is 0.303 e. The van der Waals surface area contributed by atoms with Crippen LogP contribution >= 0.6 is 0 Å². The smallest absolute Gasteiger partial charge is 0.303 e. The van der Waals surface area contributed by atoms with Gasteiger partial charge in [0.05, 0.1) is 6.04 Å². The maximum atomic E-state index is 11.8. The highest BCUT2D eigenvalue weighted by atomic mass is 16.4. The van der Waals surface area contributed by atoms with Crippen LogP contribution in [0, 0.1) is 17.8 Å². The summed E-state index contributed by atoms with van der Waals surface area (Å²) in [5.41, 5.74) is 5.77. The van der Waals surface area contributed by atoms with Crippen LogP contribution in [-0.2, 0) is 9.59 Å². The SMILES string of the molecule is CCCC(C)CC(CNC(=O)C(N)C(C)C)CC(=O)O. The molecule has 3 atom stereocenters. The number of carbonyl (C=O) groups excluding carboxylic acids is 1. The van der Waals surface area contributed by atoms with Crippen LogP contribution < -0.4 is 11.1 Å². The molecule has 5 heteroatoms. The van der Waals surface area contributed by atoms with E-state index in [0.29, 0.717) is 12.5 Å². The number of nitrogens with one attached hydrogen (secondary N) is 1. The number of aliphatic carboxylic acids is 1. The van der Waals surface area contributed by atoms with Crippen molar-refractivity contribution < 1.29 is 14.7 Å². The molecule has 3 unspecified atom stereocenters. The number of hydrogen-bond donors (Lipinski definition) is 3. The fourth-order valence-electron chi connectivity index (χ4n) is 2.33. The predicted octanol–water partition coefficient (Wildman–Crippen LogP) is 2.00. The second kappa shape index (κ2) is 9.75. The van der Waals surface area contributed by atoms with Gasteiger partial charge in [0, 0.05) is 13.0 Å². The number of nitrogens with two attached hydrogens (primary N) is 1. The Hall–Kier alpha value is -1.10. The third-order valence-electron chi connectivity index (χ3n) is 3.57. The van der Waals surface area contributed by atoms with Crippen LogP contribution in [0.1, 0.15) is 53.4 Å². The zero-order valence-electron chi connectivity index (χ0n) is 13.2. The molecule has 0 spiro atoms. The van der Waals surface area contributed by atoms with Crippen molar-refractivity contribution >= 4 is 11.9 Å². The first-order valence-electron chi connectivity index (χ1n) is 7.52. The largest absolute Gasteiger partial charge is 0.481 e. The molecule has 0 aromatic carbocycles. The minimum Gasteiger partial charge on any atom is -0.481 e. The highest BCUT2D eigenvalue weighted by molar-refractivity contribution is 5.81. The standard InChI is InChI=1S/C15H30N2O3/c1-5-6-11(4)7-12(8-13(18)19)9-17-15(20)14(16)10(2)3/h10-12,14H,5-9,16H2,1-4H3,(H,17,20)(H,18,19). The van der Waals surface area contributed by atoms with Gasteiger partial charge in [-0.25, -0.2) is 0 Å². The van der Waals surface area contributed by atoms with E-state index in [1.807, 2.05) is 13.8 Å². The van der Waals surface area contributed by atoms with E-state index in [2.05, 4.69) is 19.2 Å². The van der Waals surface area contributed by atoms with Gasteiger partial charge in [-0.15, -0.1) is 0 Å². The number of rotatable bonds is 10. The lowest BCUT2D eigenvalue weighted by Gasteiger charge is -2.22. The molecule has 20 heavy (non-hydrogen) atoms. The highest BCUT2D eigenvalue weighted by Gasteiger charge is 2.21. The number of carbonyl (C=O) groups is 2. The van der Waals surface area contributed by atoms with Gasteiger partial charge in [-0.3, -0.25) is 9.59 Å². The lowest BCUT2D eigenvalue weighted by molar-refractivity contribution is -0.138. The molecule has 0 rings (SSSR count). The molecule has 0 aliphatic heterocycles. The molecule has 0 saturated carbocycles. The molecule has 5 nitrogen and oxygen atoms in total. The molecule has 118 valence electrons. The van der Waals surface area contributed by atoms with E-state index in [4.69, 9.17) is 10.8 Å². The van der Waals surface area contributed by atoms with Crippen LogP contribution in [0.25, 0.3) is 0 Å². The summed E-state index contributed by atoms with van der Waals surface area (Å²) in [6.07, 6.45) is 3.07. The summed E-state index contributed by atoms with van der Waals surface area (Å²) < 4.78 is 0. The summed E-state index contributed by atoms with van der Waals surface area (Å²) in [6.45, 7) is 8.41. The summed E-state index contributed by atoms with van der Waals surface area (Å²) in [5, 5.41) is 11.7. The average Bonchev–Trinajstić information content (AvgIpc) is 2.34. The van der Waals surface area contributed by atoms with Crippen molar-refractivity contribution in [3.63, 3.8) is 0 Å². The number of carboxylic acids is 1. The Morgan fingerprint density at radius 3 is 2.30 bits per heavy atom. The summed E-state index contributed by atoms with van der Waals surface area (Å²) in [7, 11) is 0. The first-order valence-corrected chi connectivity index (χ1v) is 7.52. The Labute approximate surface area is 122 Å². The molecule has 0 radical (unpaired) electrons. The summed E-state index contributed by atoms with van der Waals surface area (Å²) in [6, 6.07) is -0.534. The molecular weight excluding hydrogens is 256 g/mol. The van der Waals surface area contributed by atoms with Crippen molar-refractivity contribution in [2.75, 3.05) is 6.54 Å². The van der Waals surface area contributed by atoms with Crippen LogP contribution in [-0.4, -0.2) is 29.6 Å². The lowest BCUT2D eigenvalue weighted by atomic mass is 9.90. The summed E-state index contributed by atoms with van der Waals surface area (Å²) in [5.74, 6) is -0.496. The lowest BCUT2D eigenvalue weighted by Crippen LogP contribution is -2.45. The first kappa shape index (κ1) is 18.9. The fourth-order valence-corrected chi connectivity index (χ4v) is 2.33. The molecule has 0 fully saturated rings. The second-order valence-corrected chi connectivity index (χ2v) is 6.11. The molecule has 4 N–H and O–H groups in total. The zero-order valence-corrected chi connectivity index (χ0v) is 13.2. The van der Waals surface area contributed by atoms with Gasteiger partial charge < -0.3 is 16.2 Å². The van der Waals surface area contributed by atoms with Gasteiger partial charge in [0.1, 0.15) is 0 Å². The van der Waals surface area contributed by atoms with Crippen molar-refractivity contribution in [2.24, 2.45) is 23.5 Å². The fraction of sp³-hybridized carbons (Fsp3) is 0.867. The second-order valence-electron chi connectivity index (χ2n) is 6.11. The summed E-state index contributed by atoms with van der Waals surface area (Å²) in [4.78, 5) is 22.7. The Bertz CT molecular complexity index is 305. The number of hydrogen-bond acceptors (Lipinski definition) is 3. The molecule has 1 amide bonds. The average molecular weight is 286 g/mol. The van der Waals surface area contributed by atoms with E-state index in [0.717, 1.165) is 19.3 Å². The van der Waals surface area contributed by atoms with Gasteiger partial charge in [0.15, 0.2) is 0 Å². The topological polar surface area (TPSA) is 92.4 Å². The van der Waals surface area contributed by atoms with Crippen molar-refractivity contribution in [3.05, 3.63) is 0 Å². The van der Waals surface area contributed by atoms with Gasteiger partial charge in [-0.2, -0.15) is 0 Å². The van der Waals surface area contributed by atoms with Crippen molar-refractivity contribution in [1.82, 2.24) is 5.32 Å². The molecule has 0 aliphatic carbocycles. The van der Waals surface area contributed by atoms with E-state index < -0.39 is 12.0 Å². The van der Waals surface area contributed by atoms with E-state index >= 15 is 0 Å². The Balaban J connectivity index is 4.35.